The van der Waals surface area contributed by atoms with Gasteiger partial charge in [0.1, 0.15) is 13.1 Å². The Kier molecular flexibility index (Phi) is 6.38. The van der Waals surface area contributed by atoms with Gasteiger partial charge in [-0.2, -0.15) is 4.72 Å². The van der Waals surface area contributed by atoms with E-state index in [1.165, 1.54) is 24.0 Å². The Morgan fingerprint density at radius 3 is 2.48 bits per heavy atom. The molecule has 27 heavy (non-hydrogen) atoms. The van der Waals surface area contributed by atoms with Crippen molar-refractivity contribution in [3.63, 3.8) is 0 Å². The second-order valence-electron chi connectivity index (χ2n) is 6.74. The van der Waals surface area contributed by atoms with Crippen molar-refractivity contribution in [2.45, 2.75) is 17.9 Å². The number of sulfonamides is 1. The molecule has 3 rings (SSSR count). The van der Waals surface area contributed by atoms with Crippen LogP contribution in [0.25, 0.3) is 0 Å². The van der Waals surface area contributed by atoms with E-state index < -0.39 is 10.0 Å². The minimum Gasteiger partial charge on any atom is -0.370 e. The summed E-state index contributed by atoms with van der Waals surface area (Å²) in [6, 6.07) is 15.4. The van der Waals surface area contributed by atoms with Crippen molar-refractivity contribution in [1.82, 2.24) is 4.72 Å². The fraction of sp³-hybridized carbons (Fsp3) is 0.350. The van der Waals surface area contributed by atoms with Crippen molar-refractivity contribution in [1.29, 1.82) is 0 Å². The van der Waals surface area contributed by atoms with Gasteiger partial charge in [-0.05, 0) is 24.6 Å². The van der Waals surface area contributed by atoms with Gasteiger partial charge in [-0.3, -0.25) is 4.79 Å². The number of Topliss-reactive ketones (excluding diaryl/α,β-unsaturated/α-hetero) is 1. The summed E-state index contributed by atoms with van der Waals surface area (Å²) in [6.45, 7) is 5.14. The van der Waals surface area contributed by atoms with Crippen LogP contribution in [0.15, 0.2) is 59.5 Å². The van der Waals surface area contributed by atoms with E-state index in [0.29, 0.717) is 25.3 Å². The smallest absolute Gasteiger partial charge is 0.241 e. The van der Waals surface area contributed by atoms with E-state index in [-0.39, 0.29) is 16.7 Å². The lowest BCUT2D eigenvalue weighted by Gasteiger charge is -2.28. The standard InChI is InChI=1S/C20H24N2O4S/c1-16(23)18-8-5-9-19(14-18)27(24,25)21-20(17-6-3-2-4-7-17)15-22-10-12-26-13-11-22/h2-9,14,20-21H,10-13,15H2,1H3/p+1/t20-/m1/s1. The van der Waals surface area contributed by atoms with Crippen molar-refractivity contribution in [3.05, 3.63) is 65.7 Å². The van der Waals surface area contributed by atoms with E-state index in [4.69, 9.17) is 4.74 Å². The highest BCUT2D eigenvalue weighted by molar-refractivity contribution is 7.89. The minimum absolute atomic E-state index is 0.105. The molecule has 1 atom stereocenters. The van der Waals surface area contributed by atoms with Gasteiger partial charge >= 0.3 is 0 Å². The number of nitrogens with one attached hydrogen (secondary N) is 2. The van der Waals surface area contributed by atoms with Crippen LogP contribution in [0.5, 0.6) is 0 Å². The second-order valence-corrected chi connectivity index (χ2v) is 8.45. The van der Waals surface area contributed by atoms with Gasteiger partial charge in [0.05, 0.1) is 30.7 Å². The SMILES string of the molecule is CC(=O)c1cccc(S(=O)(=O)N[C@H](C[NH+]2CCOCC2)c2ccccc2)c1. The molecule has 0 spiro atoms. The number of morpholine rings is 1. The molecule has 0 aromatic heterocycles. The number of rotatable bonds is 7. The summed E-state index contributed by atoms with van der Waals surface area (Å²) in [4.78, 5) is 13.0. The van der Waals surface area contributed by atoms with E-state index in [2.05, 4.69) is 4.72 Å². The average Bonchev–Trinajstić information content (AvgIpc) is 2.69. The molecule has 0 amide bonds. The monoisotopic (exact) mass is 389 g/mol. The fourth-order valence-corrected chi connectivity index (χ4v) is 4.47. The minimum atomic E-state index is -3.76. The topological polar surface area (TPSA) is 76.9 Å². The molecule has 1 saturated heterocycles. The Morgan fingerprint density at radius 2 is 1.81 bits per heavy atom. The normalized spacial score (nSPS) is 16.8. The molecular formula is C20H25N2O4S+. The molecule has 1 fully saturated rings. The van der Waals surface area contributed by atoms with Crippen LogP contribution in [0.1, 0.15) is 28.9 Å². The third kappa shape index (κ3) is 5.23. The molecule has 144 valence electrons. The maximum atomic E-state index is 13.0. The molecule has 2 aromatic rings. The third-order valence-corrected chi connectivity index (χ3v) is 6.21. The van der Waals surface area contributed by atoms with E-state index in [1.807, 2.05) is 30.3 Å². The summed E-state index contributed by atoms with van der Waals surface area (Å²) >= 11 is 0. The number of benzene rings is 2. The number of carbonyl (C=O) groups excluding carboxylic acids is 1. The maximum Gasteiger partial charge on any atom is 0.241 e. The van der Waals surface area contributed by atoms with Gasteiger partial charge in [0.25, 0.3) is 0 Å². The fourth-order valence-electron chi connectivity index (χ4n) is 3.20. The predicted molar refractivity (Wildman–Crippen MR) is 102 cm³/mol. The zero-order valence-corrected chi connectivity index (χ0v) is 16.2. The molecule has 0 bridgehead atoms. The average molecular weight is 389 g/mol. The van der Waals surface area contributed by atoms with Crippen LogP contribution in [0.4, 0.5) is 0 Å². The summed E-state index contributed by atoms with van der Waals surface area (Å²) in [5.41, 5.74) is 1.30. The van der Waals surface area contributed by atoms with Crippen LogP contribution >= 0.6 is 0 Å². The number of hydrogen-bond acceptors (Lipinski definition) is 4. The molecule has 2 N–H and O–H groups in total. The summed E-state index contributed by atoms with van der Waals surface area (Å²) in [5, 5.41) is 0. The number of ether oxygens (including phenoxy) is 1. The maximum absolute atomic E-state index is 13.0. The Balaban J connectivity index is 1.86. The van der Waals surface area contributed by atoms with Gasteiger partial charge in [-0.1, -0.05) is 42.5 Å². The molecule has 0 aliphatic carbocycles. The van der Waals surface area contributed by atoms with Crippen molar-refractivity contribution < 1.29 is 22.8 Å². The first-order valence-corrected chi connectivity index (χ1v) is 10.5. The van der Waals surface area contributed by atoms with Crippen LogP contribution in [-0.4, -0.2) is 47.0 Å². The zero-order valence-electron chi connectivity index (χ0n) is 15.4. The molecule has 0 saturated carbocycles. The first-order valence-electron chi connectivity index (χ1n) is 9.05. The zero-order chi connectivity index (χ0) is 19.3. The molecular weight excluding hydrogens is 364 g/mol. The van der Waals surface area contributed by atoms with Crippen LogP contribution in [0, 0.1) is 0 Å². The van der Waals surface area contributed by atoms with Crippen molar-refractivity contribution >= 4 is 15.8 Å². The van der Waals surface area contributed by atoms with Crippen LogP contribution in [0.3, 0.4) is 0 Å². The largest absolute Gasteiger partial charge is 0.370 e. The highest BCUT2D eigenvalue weighted by atomic mass is 32.2. The van der Waals surface area contributed by atoms with Crippen molar-refractivity contribution in [2.24, 2.45) is 0 Å². The van der Waals surface area contributed by atoms with Gasteiger partial charge in [0.15, 0.2) is 5.78 Å². The molecule has 0 unspecified atom stereocenters. The molecule has 1 heterocycles. The molecule has 0 radical (unpaired) electrons. The van der Waals surface area contributed by atoms with E-state index in [0.717, 1.165) is 18.7 Å². The summed E-state index contributed by atoms with van der Waals surface area (Å²) in [6.07, 6.45) is 0. The third-order valence-electron chi connectivity index (χ3n) is 4.74. The molecule has 6 nitrogen and oxygen atoms in total. The van der Waals surface area contributed by atoms with Gasteiger partial charge in [0.2, 0.25) is 10.0 Å². The summed E-state index contributed by atoms with van der Waals surface area (Å²) < 4.78 is 34.2. The van der Waals surface area contributed by atoms with Gasteiger partial charge in [0, 0.05) is 5.56 Å². The van der Waals surface area contributed by atoms with Crippen LogP contribution in [-0.2, 0) is 14.8 Å². The Bertz CT molecular complexity index is 878. The van der Waals surface area contributed by atoms with Gasteiger partial charge < -0.3 is 9.64 Å². The highest BCUT2D eigenvalue weighted by Gasteiger charge is 2.26. The van der Waals surface area contributed by atoms with Crippen LogP contribution in [0.2, 0.25) is 0 Å². The molecule has 1 aliphatic heterocycles. The first-order chi connectivity index (χ1) is 13.0. The molecule has 2 aromatic carbocycles. The van der Waals surface area contributed by atoms with E-state index in [9.17, 15) is 13.2 Å². The number of ketones is 1. The number of carbonyl (C=O) groups is 1. The Morgan fingerprint density at radius 1 is 1.11 bits per heavy atom. The number of hydrogen-bond donors (Lipinski definition) is 2. The van der Waals surface area contributed by atoms with E-state index in [1.54, 1.807) is 12.1 Å². The Labute approximate surface area is 160 Å². The molecule has 7 heteroatoms. The lowest BCUT2D eigenvalue weighted by atomic mass is 10.1. The summed E-state index contributed by atoms with van der Waals surface area (Å²) in [7, 11) is -3.76. The quantitative estimate of drug-likeness (QED) is 0.688. The predicted octanol–water partition coefficient (Wildman–Crippen LogP) is 0.824. The first kappa shape index (κ1) is 19.7. The van der Waals surface area contributed by atoms with Crippen molar-refractivity contribution in [3.8, 4) is 0 Å². The lowest BCUT2D eigenvalue weighted by molar-refractivity contribution is -0.909. The highest BCUT2D eigenvalue weighted by Crippen LogP contribution is 2.18. The lowest BCUT2D eigenvalue weighted by Crippen LogP contribution is -3.14. The summed E-state index contributed by atoms with van der Waals surface area (Å²) in [5.74, 6) is -0.163. The van der Waals surface area contributed by atoms with Crippen molar-refractivity contribution in [2.75, 3.05) is 32.8 Å². The van der Waals surface area contributed by atoms with E-state index >= 15 is 0 Å². The molecule has 1 aliphatic rings. The van der Waals surface area contributed by atoms with Gasteiger partial charge in [-0.15, -0.1) is 0 Å². The van der Waals surface area contributed by atoms with Crippen LogP contribution < -0.4 is 9.62 Å². The Hall–Kier alpha value is -2.06. The second kappa shape index (κ2) is 8.75. The van der Waals surface area contributed by atoms with Gasteiger partial charge in [-0.25, -0.2) is 8.42 Å². The number of quaternary nitrogens is 1.